The third-order valence-corrected chi connectivity index (χ3v) is 14.4. The molecule has 1 saturated carbocycles. The Hall–Kier alpha value is -5.38. The van der Waals surface area contributed by atoms with E-state index in [1.165, 1.54) is 23.4 Å². The molecule has 2 heterocycles. The van der Waals surface area contributed by atoms with Gasteiger partial charge in [0, 0.05) is 56.5 Å². The number of nitrogens with one attached hydrogen (secondary N) is 1. The molecule has 14 heteroatoms. The van der Waals surface area contributed by atoms with Crippen molar-refractivity contribution >= 4 is 27.3 Å². The number of likely N-dealkylation sites (N-methyl/N-ethyl adjacent to an activating group) is 1. The van der Waals surface area contributed by atoms with Gasteiger partial charge in [0.15, 0.2) is 0 Å². The highest BCUT2D eigenvalue weighted by atomic mass is 32.2. The van der Waals surface area contributed by atoms with E-state index < -0.39 is 27.8 Å². The maximum absolute atomic E-state index is 14.9. The van der Waals surface area contributed by atoms with Crippen LogP contribution < -0.4 is 14.8 Å². The zero-order chi connectivity index (χ0) is 45.3. The Labute approximate surface area is 376 Å². The number of carbonyl (C=O) groups excluding carboxylic acids is 1. The standard InChI is InChI=1S/C50H60N4O9S/c1-5-28-61-50-47(54(4)64(58,59)41-23-20-38(21-24-41)52-35(3)57)31-45(53-62-32-36-15-7-6-8-16-36)43-29-37(17-9-11-26-55)42(19-10-12-27-56)48(49(43)50)44-30-40(22-25-46(44)63-50)60-33-39-18-13-14-34(2)51-39/h5-8,13-16,18,20-25,29-30,37,42,47-49,55-56H,1,9-12,17,19,26-28,31-33H2,2-4H3,(H,52,57)/t37-,42+,47-,48+,49+,50+/m0/s1. The first kappa shape index (κ1) is 46.6. The number of unbranched alkanes of at least 4 members (excludes halogenated alkanes) is 2. The summed E-state index contributed by atoms with van der Waals surface area (Å²) in [6.07, 6.45) is 8.33. The maximum atomic E-state index is 14.9. The molecule has 3 N–H and O–H groups in total. The van der Waals surface area contributed by atoms with Gasteiger partial charge in [0.25, 0.3) is 0 Å². The average Bonchev–Trinajstić information content (AvgIpc) is 3.29. The molecule has 13 nitrogen and oxygen atoms in total. The number of sulfonamides is 1. The number of aliphatic hydroxyl groups is 2. The van der Waals surface area contributed by atoms with Gasteiger partial charge in [-0.15, -0.1) is 6.58 Å². The molecular formula is C50H60N4O9S. The molecule has 4 aromatic rings. The highest BCUT2D eigenvalue weighted by Crippen LogP contribution is 2.62. The lowest BCUT2D eigenvalue weighted by Gasteiger charge is -2.59. The van der Waals surface area contributed by atoms with Crippen molar-refractivity contribution in [3.05, 3.63) is 138 Å². The van der Waals surface area contributed by atoms with Crippen LogP contribution >= 0.6 is 0 Å². The van der Waals surface area contributed by atoms with Crippen LogP contribution in [-0.2, 0) is 37.6 Å². The van der Waals surface area contributed by atoms with E-state index in [9.17, 15) is 23.4 Å². The molecule has 0 bridgehead atoms. The van der Waals surface area contributed by atoms with E-state index in [1.807, 2.05) is 73.7 Å². The smallest absolute Gasteiger partial charge is 0.243 e. The van der Waals surface area contributed by atoms with Gasteiger partial charge in [0.1, 0.15) is 24.7 Å². The molecule has 1 aliphatic heterocycles. The normalized spacial score (nSPS) is 23.1. The molecule has 3 aromatic carbocycles. The summed E-state index contributed by atoms with van der Waals surface area (Å²) in [5.41, 5.74) is 5.42. The van der Waals surface area contributed by atoms with Gasteiger partial charge in [-0.1, -0.05) is 66.5 Å². The molecule has 0 saturated heterocycles. The van der Waals surface area contributed by atoms with Gasteiger partial charge in [0.2, 0.25) is 21.7 Å². The number of nitrogens with zero attached hydrogens (tertiary/aromatic N) is 3. The number of ether oxygens (including phenoxy) is 3. The Morgan fingerprint density at radius 2 is 1.73 bits per heavy atom. The molecular weight excluding hydrogens is 833 g/mol. The minimum atomic E-state index is -4.24. The monoisotopic (exact) mass is 892 g/mol. The van der Waals surface area contributed by atoms with Crippen LogP contribution in [-0.4, -0.2) is 78.2 Å². The first-order valence-corrected chi connectivity index (χ1v) is 23.6. The van der Waals surface area contributed by atoms with Crippen molar-refractivity contribution < 1.29 is 42.5 Å². The quantitative estimate of drug-likeness (QED) is 0.0423. The van der Waals surface area contributed by atoms with Crippen LogP contribution in [0.25, 0.3) is 0 Å². The summed E-state index contributed by atoms with van der Waals surface area (Å²) in [6, 6.07) is 26.4. The SMILES string of the molecule is C=CCO[C@@]12Oc3ccc(OCc4cccc(C)n4)cc3[C@H]3[C@H](CCCCO)[C@@H](CCCCO)C=C(C(=NOCc4ccccc4)C[C@@H]1N(C)S(=O)(=O)c1ccc(NC(C)=O)cc1)[C@H]32. The molecule has 1 amide bonds. The molecule has 2 aliphatic carbocycles. The number of hydrogen-bond acceptors (Lipinski definition) is 11. The Kier molecular flexibility index (Phi) is 15.3. The van der Waals surface area contributed by atoms with Crippen LogP contribution in [0.2, 0.25) is 0 Å². The van der Waals surface area contributed by atoms with E-state index >= 15 is 0 Å². The summed E-state index contributed by atoms with van der Waals surface area (Å²) in [4.78, 5) is 22.6. The van der Waals surface area contributed by atoms with Gasteiger partial charge in [-0.2, -0.15) is 4.31 Å². The number of rotatable bonds is 21. The van der Waals surface area contributed by atoms with Crippen molar-refractivity contribution in [2.45, 2.75) is 94.6 Å². The largest absolute Gasteiger partial charge is 0.487 e. The molecule has 3 aliphatic rings. The van der Waals surface area contributed by atoms with Crippen LogP contribution in [0.4, 0.5) is 5.69 Å². The fourth-order valence-electron chi connectivity index (χ4n) is 9.64. The van der Waals surface area contributed by atoms with Crippen molar-refractivity contribution in [2.24, 2.45) is 22.9 Å². The number of oxime groups is 1. The first-order chi connectivity index (χ1) is 31.0. The van der Waals surface area contributed by atoms with Crippen LogP contribution in [0.15, 0.2) is 125 Å². The molecule has 64 heavy (non-hydrogen) atoms. The predicted molar refractivity (Wildman–Crippen MR) is 245 cm³/mol. The van der Waals surface area contributed by atoms with Crippen molar-refractivity contribution in [1.82, 2.24) is 9.29 Å². The summed E-state index contributed by atoms with van der Waals surface area (Å²) in [7, 11) is -2.70. The second-order valence-corrected chi connectivity index (χ2v) is 18.8. The van der Waals surface area contributed by atoms with Crippen molar-refractivity contribution in [3.63, 3.8) is 0 Å². The first-order valence-electron chi connectivity index (χ1n) is 22.1. The molecule has 1 fully saturated rings. The van der Waals surface area contributed by atoms with E-state index in [-0.39, 0.29) is 68.0 Å². The summed E-state index contributed by atoms with van der Waals surface area (Å²) in [5.74, 6) is -1.59. The van der Waals surface area contributed by atoms with Crippen molar-refractivity contribution in [2.75, 3.05) is 32.2 Å². The number of amides is 1. The number of benzene rings is 3. The number of pyridine rings is 1. The van der Waals surface area contributed by atoms with Gasteiger partial charge in [0.05, 0.1) is 34.9 Å². The van der Waals surface area contributed by atoms with E-state index in [0.29, 0.717) is 35.7 Å². The maximum Gasteiger partial charge on any atom is 0.243 e. The lowest BCUT2D eigenvalue weighted by atomic mass is 9.55. The molecule has 0 spiro atoms. The van der Waals surface area contributed by atoms with E-state index in [0.717, 1.165) is 53.8 Å². The van der Waals surface area contributed by atoms with Gasteiger partial charge < -0.3 is 34.6 Å². The van der Waals surface area contributed by atoms with Crippen LogP contribution in [0.1, 0.15) is 80.3 Å². The second-order valence-electron chi connectivity index (χ2n) is 16.8. The van der Waals surface area contributed by atoms with Gasteiger partial charge in [-0.25, -0.2) is 8.42 Å². The van der Waals surface area contributed by atoms with Crippen LogP contribution in [0, 0.1) is 24.7 Å². The summed E-state index contributed by atoms with van der Waals surface area (Å²) >= 11 is 0. The summed E-state index contributed by atoms with van der Waals surface area (Å²) in [6.45, 7) is 7.96. The highest BCUT2D eigenvalue weighted by Gasteiger charge is 2.65. The number of carbonyl (C=O) groups is 1. The lowest BCUT2D eigenvalue weighted by molar-refractivity contribution is -0.250. The van der Waals surface area contributed by atoms with E-state index in [1.54, 1.807) is 25.3 Å². The third-order valence-electron chi connectivity index (χ3n) is 12.5. The number of hydrogen-bond donors (Lipinski definition) is 3. The second kappa shape index (κ2) is 21.1. The minimum absolute atomic E-state index is 0.0180. The zero-order valence-corrected chi connectivity index (χ0v) is 37.7. The Bertz CT molecular complexity index is 2410. The number of aryl methyl sites for hydroxylation is 1. The van der Waals surface area contributed by atoms with Crippen molar-refractivity contribution in [1.29, 1.82) is 0 Å². The number of aromatic nitrogens is 1. The molecule has 0 unspecified atom stereocenters. The summed E-state index contributed by atoms with van der Waals surface area (Å²) < 4.78 is 51.8. The Balaban J connectivity index is 1.41. The predicted octanol–water partition coefficient (Wildman–Crippen LogP) is 8.08. The van der Waals surface area contributed by atoms with Gasteiger partial charge in [-0.05, 0) is 110 Å². The van der Waals surface area contributed by atoms with Gasteiger partial charge in [-0.3, -0.25) is 9.78 Å². The van der Waals surface area contributed by atoms with E-state index in [2.05, 4.69) is 23.0 Å². The van der Waals surface area contributed by atoms with E-state index in [4.69, 9.17) is 24.2 Å². The molecule has 340 valence electrons. The minimum Gasteiger partial charge on any atom is -0.487 e. The third kappa shape index (κ3) is 10.3. The number of fused-ring (bicyclic) bond motifs is 2. The van der Waals surface area contributed by atoms with Crippen LogP contribution in [0.5, 0.6) is 11.5 Å². The number of anilines is 1. The molecule has 7 rings (SSSR count). The average molecular weight is 893 g/mol. The summed E-state index contributed by atoms with van der Waals surface area (Å²) in [5, 5.41) is 27.4. The van der Waals surface area contributed by atoms with Gasteiger partial charge >= 0.3 is 0 Å². The zero-order valence-electron chi connectivity index (χ0n) is 36.9. The lowest BCUT2D eigenvalue weighted by Crippen LogP contribution is -2.69. The molecule has 1 aromatic heterocycles. The number of allylic oxidation sites excluding steroid dienone is 1. The molecule has 0 radical (unpaired) electrons. The number of aliphatic hydroxyl groups excluding tert-OH is 2. The Morgan fingerprint density at radius 3 is 2.44 bits per heavy atom. The molecule has 6 atom stereocenters. The highest BCUT2D eigenvalue weighted by molar-refractivity contribution is 7.89. The Morgan fingerprint density at radius 1 is 0.984 bits per heavy atom. The topological polar surface area (TPSA) is 169 Å². The fourth-order valence-corrected chi connectivity index (χ4v) is 11.0. The van der Waals surface area contributed by atoms with Crippen LogP contribution in [0.3, 0.4) is 0 Å². The van der Waals surface area contributed by atoms with Crippen molar-refractivity contribution in [3.8, 4) is 11.5 Å². The fraction of sp³-hybridized carbons (Fsp3) is 0.420.